The normalized spacial score (nSPS) is 16.2. The molecule has 132 valence electrons. The Bertz CT molecular complexity index is 774. The van der Waals surface area contributed by atoms with E-state index in [1.807, 2.05) is 12.1 Å². The largest absolute Gasteiger partial charge is 0.381 e. The summed E-state index contributed by atoms with van der Waals surface area (Å²) in [7, 11) is -3.65. The summed E-state index contributed by atoms with van der Waals surface area (Å²) in [6.07, 6.45) is 3.00. The quantitative estimate of drug-likeness (QED) is 0.865. The van der Waals surface area contributed by atoms with E-state index in [0.29, 0.717) is 38.1 Å². The number of ether oxygens (including phenoxy) is 1. The molecule has 0 unspecified atom stereocenters. The van der Waals surface area contributed by atoms with Crippen LogP contribution in [0.4, 0.5) is 0 Å². The van der Waals surface area contributed by atoms with Crippen LogP contribution in [0, 0.1) is 0 Å². The van der Waals surface area contributed by atoms with Crippen molar-refractivity contribution in [3.05, 3.63) is 36.5 Å². The Morgan fingerprint density at radius 3 is 2.62 bits per heavy atom. The van der Waals surface area contributed by atoms with Gasteiger partial charge in [-0.05, 0) is 25.0 Å². The fourth-order valence-electron chi connectivity index (χ4n) is 3.01. The molecule has 6 nitrogen and oxygen atoms in total. The third-order valence-corrected chi connectivity index (χ3v) is 6.11. The average Bonchev–Trinajstić information content (AvgIpc) is 2.59. The minimum absolute atomic E-state index is 0. The molecule has 2 aromatic rings. The predicted octanol–water partition coefficient (Wildman–Crippen LogP) is 1.78. The highest BCUT2D eigenvalue weighted by Gasteiger charge is 2.33. The second-order valence-corrected chi connectivity index (χ2v) is 7.44. The van der Waals surface area contributed by atoms with Crippen LogP contribution in [0.2, 0.25) is 0 Å². The van der Waals surface area contributed by atoms with Crippen molar-refractivity contribution in [1.82, 2.24) is 9.29 Å². The van der Waals surface area contributed by atoms with Gasteiger partial charge >= 0.3 is 0 Å². The van der Waals surface area contributed by atoms with Gasteiger partial charge in [-0.25, -0.2) is 8.42 Å². The summed E-state index contributed by atoms with van der Waals surface area (Å²) in [5, 5.41) is 0.813. The number of nitrogens with zero attached hydrogens (tertiary/aromatic N) is 2. The summed E-state index contributed by atoms with van der Waals surface area (Å²) >= 11 is 0. The molecule has 0 bridgehead atoms. The SMILES string of the molecule is Cl.NCCN(C1CCOCC1)S(=O)(=O)c1cccc2cccnc12. The first kappa shape index (κ1) is 19.1. The number of para-hydroxylation sites is 1. The summed E-state index contributed by atoms with van der Waals surface area (Å²) in [5.74, 6) is 0. The highest BCUT2D eigenvalue weighted by atomic mass is 35.5. The van der Waals surface area contributed by atoms with E-state index in [9.17, 15) is 8.42 Å². The molecule has 3 rings (SSSR count). The zero-order valence-corrected chi connectivity index (χ0v) is 14.9. The van der Waals surface area contributed by atoms with Crippen LogP contribution in [-0.4, -0.2) is 50.1 Å². The Hall–Kier alpha value is -1.25. The van der Waals surface area contributed by atoms with Gasteiger partial charge in [-0.1, -0.05) is 18.2 Å². The maximum absolute atomic E-state index is 13.2. The standard InChI is InChI=1S/C16H21N3O3S.ClH/c17-8-10-19(14-6-11-22-12-7-14)23(20,21)15-5-1-3-13-4-2-9-18-16(13)15;/h1-5,9,14H,6-8,10-12,17H2;1H. The fourth-order valence-corrected chi connectivity index (χ4v) is 4.88. The highest BCUT2D eigenvalue weighted by molar-refractivity contribution is 7.89. The number of halogens is 1. The zero-order chi connectivity index (χ0) is 16.3. The van der Waals surface area contributed by atoms with Gasteiger partial charge in [-0.15, -0.1) is 12.4 Å². The van der Waals surface area contributed by atoms with Crippen molar-refractivity contribution >= 4 is 33.3 Å². The Labute approximate surface area is 148 Å². The molecule has 1 aliphatic heterocycles. The third kappa shape index (κ3) is 3.70. The second-order valence-electron chi connectivity index (χ2n) is 5.58. The summed E-state index contributed by atoms with van der Waals surface area (Å²) < 4.78 is 33.3. The summed E-state index contributed by atoms with van der Waals surface area (Å²) in [6.45, 7) is 1.75. The van der Waals surface area contributed by atoms with Crippen molar-refractivity contribution < 1.29 is 13.2 Å². The molecule has 1 saturated heterocycles. The molecule has 0 radical (unpaired) electrons. The van der Waals surface area contributed by atoms with Gasteiger partial charge in [-0.2, -0.15) is 4.31 Å². The van der Waals surface area contributed by atoms with E-state index in [2.05, 4.69) is 4.98 Å². The monoisotopic (exact) mass is 371 g/mol. The minimum Gasteiger partial charge on any atom is -0.381 e. The lowest BCUT2D eigenvalue weighted by Gasteiger charge is -2.33. The summed E-state index contributed by atoms with van der Waals surface area (Å²) in [6, 6.07) is 8.83. The van der Waals surface area contributed by atoms with E-state index < -0.39 is 10.0 Å². The molecule has 1 fully saturated rings. The van der Waals surface area contributed by atoms with Gasteiger partial charge in [0.05, 0.1) is 5.52 Å². The lowest BCUT2D eigenvalue weighted by Crippen LogP contribution is -2.45. The maximum atomic E-state index is 13.2. The van der Waals surface area contributed by atoms with Crippen molar-refractivity contribution in [2.24, 2.45) is 5.73 Å². The number of hydrogen-bond acceptors (Lipinski definition) is 5. The summed E-state index contributed by atoms with van der Waals surface area (Å²) in [4.78, 5) is 4.52. The Balaban J connectivity index is 0.00000208. The van der Waals surface area contributed by atoms with Gasteiger partial charge in [0.15, 0.2) is 0 Å². The van der Waals surface area contributed by atoms with Crippen LogP contribution in [0.25, 0.3) is 10.9 Å². The second kappa shape index (κ2) is 8.22. The van der Waals surface area contributed by atoms with E-state index >= 15 is 0 Å². The highest BCUT2D eigenvalue weighted by Crippen LogP contribution is 2.27. The first-order valence-corrected chi connectivity index (χ1v) is 9.22. The van der Waals surface area contributed by atoms with Crippen molar-refractivity contribution in [3.8, 4) is 0 Å². The predicted molar refractivity (Wildman–Crippen MR) is 95.8 cm³/mol. The molecule has 0 atom stereocenters. The fraction of sp³-hybridized carbons (Fsp3) is 0.438. The molecule has 2 heterocycles. The number of fused-ring (bicyclic) bond motifs is 1. The van der Waals surface area contributed by atoms with E-state index in [1.54, 1.807) is 24.4 Å². The Morgan fingerprint density at radius 2 is 1.92 bits per heavy atom. The number of aromatic nitrogens is 1. The van der Waals surface area contributed by atoms with Gasteiger partial charge in [0.25, 0.3) is 0 Å². The molecule has 2 N–H and O–H groups in total. The van der Waals surface area contributed by atoms with Gasteiger partial charge < -0.3 is 10.5 Å². The number of hydrogen-bond donors (Lipinski definition) is 1. The van der Waals surface area contributed by atoms with Gasteiger partial charge in [-0.3, -0.25) is 4.98 Å². The maximum Gasteiger partial charge on any atom is 0.245 e. The molecule has 0 saturated carbocycles. The number of rotatable bonds is 5. The van der Waals surface area contributed by atoms with Crippen molar-refractivity contribution in [2.45, 2.75) is 23.8 Å². The van der Waals surface area contributed by atoms with Crippen molar-refractivity contribution in [2.75, 3.05) is 26.3 Å². The topological polar surface area (TPSA) is 85.5 Å². The third-order valence-electron chi connectivity index (χ3n) is 4.13. The first-order chi connectivity index (χ1) is 11.1. The number of benzene rings is 1. The molecule has 0 aliphatic carbocycles. The number of pyridine rings is 1. The average molecular weight is 372 g/mol. The lowest BCUT2D eigenvalue weighted by atomic mass is 10.1. The van der Waals surface area contributed by atoms with Crippen LogP contribution in [0.5, 0.6) is 0 Å². The lowest BCUT2D eigenvalue weighted by molar-refractivity contribution is 0.0590. The van der Waals surface area contributed by atoms with Gasteiger partial charge in [0.2, 0.25) is 10.0 Å². The van der Waals surface area contributed by atoms with Crippen LogP contribution >= 0.6 is 12.4 Å². The zero-order valence-electron chi connectivity index (χ0n) is 13.3. The van der Waals surface area contributed by atoms with Crippen LogP contribution in [-0.2, 0) is 14.8 Å². The van der Waals surface area contributed by atoms with Crippen molar-refractivity contribution in [3.63, 3.8) is 0 Å². The van der Waals surface area contributed by atoms with E-state index in [1.165, 1.54) is 4.31 Å². The minimum atomic E-state index is -3.65. The molecule has 0 spiro atoms. The molecule has 8 heteroatoms. The van der Waals surface area contributed by atoms with E-state index in [-0.39, 0.29) is 29.9 Å². The molecular formula is C16H22ClN3O3S. The van der Waals surface area contributed by atoms with Crippen molar-refractivity contribution in [1.29, 1.82) is 0 Å². The number of nitrogens with two attached hydrogens (primary N) is 1. The van der Waals surface area contributed by atoms with Crippen LogP contribution in [0.15, 0.2) is 41.4 Å². The molecule has 1 aromatic heterocycles. The van der Waals surface area contributed by atoms with Gasteiger partial charge in [0.1, 0.15) is 4.90 Å². The molecule has 1 aliphatic rings. The number of sulfonamides is 1. The smallest absolute Gasteiger partial charge is 0.245 e. The first-order valence-electron chi connectivity index (χ1n) is 7.78. The molecule has 1 aromatic carbocycles. The van der Waals surface area contributed by atoms with Crippen LogP contribution in [0.1, 0.15) is 12.8 Å². The molecular weight excluding hydrogens is 350 g/mol. The van der Waals surface area contributed by atoms with Crippen LogP contribution < -0.4 is 5.73 Å². The Kier molecular flexibility index (Phi) is 6.54. The van der Waals surface area contributed by atoms with Gasteiger partial charge in [0, 0.05) is 43.9 Å². The summed E-state index contributed by atoms with van der Waals surface area (Å²) in [5.41, 5.74) is 6.17. The Morgan fingerprint density at radius 1 is 1.21 bits per heavy atom. The van der Waals surface area contributed by atoms with E-state index in [0.717, 1.165) is 5.39 Å². The molecule has 0 amide bonds. The molecule has 24 heavy (non-hydrogen) atoms. The van der Waals surface area contributed by atoms with Crippen LogP contribution in [0.3, 0.4) is 0 Å². The van der Waals surface area contributed by atoms with E-state index in [4.69, 9.17) is 10.5 Å².